The van der Waals surface area contributed by atoms with Crippen molar-refractivity contribution in [3.63, 3.8) is 0 Å². The molecule has 0 saturated carbocycles. The smallest absolute Gasteiger partial charge is 0.346 e. The zero-order valence-corrected chi connectivity index (χ0v) is 16.0. The first-order valence-electron chi connectivity index (χ1n) is 7.14. The molecule has 0 atom stereocenters. The number of hydrogen-bond donors (Lipinski definition) is 0. The molecule has 0 bridgehead atoms. The number of carbonyl (C=O) groups is 1. The standard InChI is InChI=1S/C14H30N8O/c1-18(2)11(16-13(20(5)6)21(7)8)15-12(19(3)4)17-14(23)22(9)10/h1-10H3/b15-11-,17-12-. The van der Waals surface area contributed by atoms with E-state index < -0.39 is 0 Å². The van der Waals surface area contributed by atoms with Crippen molar-refractivity contribution >= 4 is 23.9 Å². The zero-order valence-electron chi connectivity index (χ0n) is 16.0. The van der Waals surface area contributed by atoms with Crippen LogP contribution in [-0.2, 0) is 0 Å². The van der Waals surface area contributed by atoms with E-state index in [1.807, 2.05) is 52.1 Å². The van der Waals surface area contributed by atoms with Gasteiger partial charge in [0.25, 0.3) is 0 Å². The highest BCUT2D eigenvalue weighted by molar-refractivity contribution is 6.03. The van der Waals surface area contributed by atoms with Crippen molar-refractivity contribution in [1.29, 1.82) is 0 Å². The second kappa shape index (κ2) is 8.96. The van der Waals surface area contributed by atoms with E-state index in [0.717, 1.165) is 5.96 Å². The largest absolute Gasteiger partial charge is 0.349 e. The van der Waals surface area contributed by atoms with Crippen molar-refractivity contribution in [1.82, 2.24) is 24.5 Å². The number of rotatable bonds is 0. The molecule has 0 heterocycles. The number of hydrogen-bond acceptors (Lipinski definition) is 1. The summed E-state index contributed by atoms with van der Waals surface area (Å²) in [6.07, 6.45) is 0. The minimum Gasteiger partial charge on any atom is -0.349 e. The lowest BCUT2D eigenvalue weighted by atomic mass is 10.6. The third-order valence-corrected chi connectivity index (χ3v) is 2.58. The van der Waals surface area contributed by atoms with E-state index in [2.05, 4.69) is 15.0 Å². The molecule has 0 N–H and O–H groups in total. The topological polar surface area (TPSA) is 70.3 Å². The van der Waals surface area contributed by atoms with Crippen molar-refractivity contribution in [3.05, 3.63) is 0 Å². The molecule has 0 aromatic carbocycles. The Labute approximate surface area is 139 Å². The van der Waals surface area contributed by atoms with E-state index in [9.17, 15) is 4.79 Å². The van der Waals surface area contributed by atoms with Crippen molar-refractivity contribution in [3.8, 4) is 0 Å². The van der Waals surface area contributed by atoms with Crippen LogP contribution >= 0.6 is 0 Å². The Kier molecular flexibility index (Phi) is 8.06. The molecule has 0 saturated heterocycles. The van der Waals surface area contributed by atoms with E-state index in [4.69, 9.17) is 0 Å². The van der Waals surface area contributed by atoms with E-state index in [-0.39, 0.29) is 12.0 Å². The summed E-state index contributed by atoms with van der Waals surface area (Å²) >= 11 is 0. The van der Waals surface area contributed by atoms with Crippen LogP contribution in [0, 0.1) is 0 Å². The fourth-order valence-corrected chi connectivity index (χ4v) is 1.41. The summed E-state index contributed by atoms with van der Waals surface area (Å²) in [5, 5.41) is 0. The summed E-state index contributed by atoms with van der Waals surface area (Å²) < 4.78 is 0. The number of nitrogens with zero attached hydrogens (tertiary/aromatic N) is 8. The molecule has 2 amide bonds. The quantitative estimate of drug-likeness (QED) is 0.462. The minimum atomic E-state index is -0.375. The average Bonchev–Trinajstić information content (AvgIpc) is 2.39. The molecule has 0 rings (SSSR count). The van der Waals surface area contributed by atoms with Gasteiger partial charge in [0.1, 0.15) is 0 Å². The molecule has 0 radical (unpaired) electrons. The van der Waals surface area contributed by atoms with Gasteiger partial charge >= 0.3 is 6.03 Å². The van der Waals surface area contributed by atoms with Crippen LogP contribution in [0.3, 0.4) is 0 Å². The molecule has 23 heavy (non-hydrogen) atoms. The third kappa shape index (κ3) is 6.98. The summed E-state index contributed by atoms with van der Waals surface area (Å²) in [5.41, 5.74) is 0. The monoisotopic (exact) mass is 326 g/mol. The fourth-order valence-electron chi connectivity index (χ4n) is 1.41. The summed E-state index contributed by atoms with van der Waals surface area (Å²) in [7, 11) is 18.1. The lowest BCUT2D eigenvalue weighted by Crippen LogP contribution is -2.38. The maximum atomic E-state index is 11.8. The Morgan fingerprint density at radius 2 is 0.913 bits per heavy atom. The number of urea groups is 1. The van der Waals surface area contributed by atoms with E-state index in [1.165, 1.54) is 4.90 Å². The zero-order chi connectivity index (χ0) is 18.3. The van der Waals surface area contributed by atoms with Crippen LogP contribution in [0.25, 0.3) is 0 Å². The lowest BCUT2D eigenvalue weighted by Gasteiger charge is -2.24. The van der Waals surface area contributed by atoms with Gasteiger partial charge in [0.15, 0.2) is 0 Å². The highest BCUT2D eigenvalue weighted by Gasteiger charge is 2.12. The average molecular weight is 326 g/mol. The molecule has 0 aromatic rings. The Morgan fingerprint density at radius 3 is 1.22 bits per heavy atom. The molecule has 9 nitrogen and oxygen atoms in total. The van der Waals surface area contributed by atoms with Gasteiger partial charge in [-0.3, -0.25) is 0 Å². The highest BCUT2D eigenvalue weighted by Crippen LogP contribution is 1.99. The third-order valence-electron chi connectivity index (χ3n) is 2.58. The molecule has 132 valence electrons. The Balaban J connectivity index is 5.94. The Morgan fingerprint density at radius 1 is 0.522 bits per heavy atom. The molecule has 0 aliphatic carbocycles. The fraction of sp³-hybridized carbons (Fsp3) is 0.714. The molecule has 0 aliphatic heterocycles. The molecule has 0 aromatic heterocycles. The van der Waals surface area contributed by atoms with Crippen molar-refractivity contribution in [2.45, 2.75) is 0 Å². The van der Waals surface area contributed by atoms with Crippen LogP contribution in [-0.4, -0.2) is 119 Å². The van der Waals surface area contributed by atoms with E-state index in [0.29, 0.717) is 5.96 Å². The second-order valence-electron chi connectivity index (χ2n) is 5.99. The molecule has 0 unspecified atom stereocenters. The van der Waals surface area contributed by atoms with Gasteiger partial charge in [-0.05, 0) is 0 Å². The number of carbonyl (C=O) groups excluding carboxylic acids is 1. The van der Waals surface area contributed by atoms with Crippen LogP contribution < -0.4 is 0 Å². The SMILES string of the molecule is CN(C)C(=O)/N=C(/N=C(/N=C(N(C)C)N(C)C)N(C)C)N(C)C. The van der Waals surface area contributed by atoms with Crippen LogP contribution in [0.1, 0.15) is 0 Å². The maximum absolute atomic E-state index is 11.8. The first kappa shape index (κ1) is 20.7. The summed E-state index contributed by atoms with van der Waals surface area (Å²) in [5.74, 6) is 1.46. The number of aliphatic imine (C=N–C) groups is 3. The van der Waals surface area contributed by atoms with Crippen LogP contribution in [0.5, 0.6) is 0 Å². The van der Waals surface area contributed by atoms with Crippen molar-refractivity contribution in [2.24, 2.45) is 15.0 Å². The molecular weight excluding hydrogens is 296 g/mol. The molecule has 0 aliphatic rings. The van der Waals surface area contributed by atoms with E-state index >= 15 is 0 Å². The van der Waals surface area contributed by atoms with Gasteiger partial charge in [0.05, 0.1) is 0 Å². The Bertz CT molecular complexity index is 479. The first-order chi connectivity index (χ1) is 10.5. The Hall–Kier alpha value is -2.32. The van der Waals surface area contributed by atoms with Gasteiger partial charge < -0.3 is 24.5 Å². The van der Waals surface area contributed by atoms with Gasteiger partial charge in [-0.2, -0.15) is 15.0 Å². The van der Waals surface area contributed by atoms with Gasteiger partial charge in [-0.1, -0.05) is 0 Å². The lowest BCUT2D eigenvalue weighted by molar-refractivity contribution is 0.227. The normalized spacial score (nSPS) is 11.7. The van der Waals surface area contributed by atoms with Gasteiger partial charge in [-0.15, -0.1) is 0 Å². The van der Waals surface area contributed by atoms with Gasteiger partial charge in [0, 0.05) is 70.5 Å². The molecule has 0 fully saturated rings. The molecule has 9 heteroatoms. The van der Waals surface area contributed by atoms with Crippen molar-refractivity contribution in [2.75, 3.05) is 70.5 Å². The number of amides is 2. The first-order valence-corrected chi connectivity index (χ1v) is 7.14. The number of guanidine groups is 3. The summed E-state index contributed by atoms with van der Waals surface area (Å²) in [6.45, 7) is 0. The van der Waals surface area contributed by atoms with Crippen LogP contribution in [0.15, 0.2) is 15.0 Å². The van der Waals surface area contributed by atoms with Crippen LogP contribution in [0.4, 0.5) is 4.79 Å². The van der Waals surface area contributed by atoms with Gasteiger partial charge in [-0.25, -0.2) is 4.79 Å². The van der Waals surface area contributed by atoms with E-state index in [1.54, 1.807) is 38.0 Å². The predicted molar refractivity (Wildman–Crippen MR) is 96.1 cm³/mol. The van der Waals surface area contributed by atoms with Crippen LogP contribution in [0.2, 0.25) is 0 Å². The molecular formula is C14H30N8O. The second-order valence-corrected chi connectivity index (χ2v) is 5.99. The summed E-state index contributed by atoms with van der Waals surface area (Å²) in [4.78, 5) is 33.4. The predicted octanol–water partition coefficient (Wildman–Crippen LogP) is -0.0176. The minimum absolute atomic E-state index is 0.285. The maximum Gasteiger partial charge on any atom is 0.346 e. The molecule has 0 spiro atoms. The van der Waals surface area contributed by atoms with Gasteiger partial charge in [0.2, 0.25) is 17.9 Å². The van der Waals surface area contributed by atoms with Crippen molar-refractivity contribution < 1.29 is 4.79 Å². The highest BCUT2D eigenvalue weighted by atomic mass is 16.2. The summed E-state index contributed by atoms with van der Waals surface area (Å²) in [6, 6.07) is -0.375.